The number of hydrogen-bond donors (Lipinski definition) is 0. The van der Waals surface area contributed by atoms with Gasteiger partial charge in [0.1, 0.15) is 18.1 Å². The maximum absolute atomic E-state index is 13.4. The summed E-state index contributed by atoms with van der Waals surface area (Å²) < 4.78 is 16.1. The molecule has 0 saturated heterocycles. The van der Waals surface area contributed by atoms with Gasteiger partial charge in [-0.1, -0.05) is 48.5 Å². The molecule has 0 aliphatic carbocycles. The normalized spacial score (nSPS) is 14.5. The van der Waals surface area contributed by atoms with Crippen LogP contribution >= 0.6 is 0 Å². The molecular formula is C28H25NO5. The number of carbonyl (C=O) groups excluding carboxylic acids is 2. The molecule has 172 valence electrons. The first-order chi connectivity index (χ1) is 16.5. The van der Waals surface area contributed by atoms with Gasteiger partial charge in [0.25, 0.3) is 5.91 Å². The average Bonchev–Trinajstić information content (AvgIpc) is 3.12. The van der Waals surface area contributed by atoms with E-state index in [1.165, 1.54) is 12.0 Å². The molecule has 0 fully saturated rings. The van der Waals surface area contributed by atoms with Crippen LogP contribution in [0.4, 0.5) is 5.69 Å². The van der Waals surface area contributed by atoms with Gasteiger partial charge in [0.2, 0.25) is 0 Å². The SMILES string of the molecule is COC(=O)C1=C(C)N(c2cccc(OC)c2)C(=O)/C1=C\c1ccc(OCc2ccccc2)cc1. The maximum atomic E-state index is 13.4. The van der Waals surface area contributed by atoms with Crippen LogP contribution in [-0.2, 0) is 20.9 Å². The number of carbonyl (C=O) groups is 2. The first-order valence-electron chi connectivity index (χ1n) is 10.8. The topological polar surface area (TPSA) is 65.1 Å². The average molecular weight is 456 g/mol. The van der Waals surface area contributed by atoms with E-state index in [4.69, 9.17) is 14.2 Å². The molecule has 1 amide bonds. The lowest BCUT2D eigenvalue weighted by atomic mass is 10.0. The fourth-order valence-corrected chi connectivity index (χ4v) is 3.81. The summed E-state index contributed by atoms with van der Waals surface area (Å²) in [6.07, 6.45) is 1.69. The fraction of sp³-hybridized carbons (Fsp3) is 0.143. The first-order valence-corrected chi connectivity index (χ1v) is 10.8. The van der Waals surface area contributed by atoms with Gasteiger partial charge < -0.3 is 14.2 Å². The third kappa shape index (κ3) is 4.71. The van der Waals surface area contributed by atoms with Crippen molar-refractivity contribution in [2.45, 2.75) is 13.5 Å². The number of benzene rings is 3. The minimum atomic E-state index is -0.565. The molecule has 6 nitrogen and oxygen atoms in total. The van der Waals surface area contributed by atoms with Gasteiger partial charge >= 0.3 is 5.97 Å². The van der Waals surface area contributed by atoms with Gasteiger partial charge in [-0.15, -0.1) is 0 Å². The van der Waals surface area contributed by atoms with Crippen molar-refractivity contribution in [2.75, 3.05) is 19.1 Å². The Morgan fingerprint density at radius 3 is 2.32 bits per heavy atom. The predicted molar refractivity (Wildman–Crippen MR) is 130 cm³/mol. The van der Waals surface area contributed by atoms with Crippen LogP contribution < -0.4 is 14.4 Å². The Kier molecular flexibility index (Phi) is 6.78. The number of rotatable bonds is 7. The lowest BCUT2D eigenvalue weighted by Gasteiger charge is -2.18. The summed E-state index contributed by atoms with van der Waals surface area (Å²) in [5, 5.41) is 0. The molecule has 1 heterocycles. The van der Waals surface area contributed by atoms with Gasteiger partial charge in [-0.2, -0.15) is 0 Å². The summed E-state index contributed by atoms with van der Waals surface area (Å²) in [7, 11) is 2.86. The third-order valence-corrected chi connectivity index (χ3v) is 5.54. The molecule has 3 aromatic carbocycles. The van der Waals surface area contributed by atoms with Crippen LogP contribution in [-0.4, -0.2) is 26.1 Å². The van der Waals surface area contributed by atoms with Crippen LogP contribution in [0.2, 0.25) is 0 Å². The number of ether oxygens (including phenoxy) is 3. The summed E-state index contributed by atoms with van der Waals surface area (Å²) in [5.41, 5.74) is 3.45. The quantitative estimate of drug-likeness (QED) is 0.364. The Bertz CT molecular complexity index is 1260. The Hall–Kier alpha value is -4.32. The lowest BCUT2D eigenvalue weighted by Crippen LogP contribution is -2.24. The molecule has 0 spiro atoms. The monoisotopic (exact) mass is 455 g/mol. The van der Waals surface area contributed by atoms with Crippen LogP contribution in [0.1, 0.15) is 18.1 Å². The van der Waals surface area contributed by atoms with Crippen molar-refractivity contribution in [3.05, 3.63) is 107 Å². The highest BCUT2D eigenvalue weighted by Crippen LogP contribution is 2.36. The molecule has 0 atom stereocenters. The summed E-state index contributed by atoms with van der Waals surface area (Å²) in [6, 6.07) is 24.4. The van der Waals surface area contributed by atoms with E-state index in [0.29, 0.717) is 29.5 Å². The molecular weight excluding hydrogens is 430 g/mol. The van der Waals surface area contributed by atoms with Crippen molar-refractivity contribution in [3.8, 4) is 11.5 Å². The molecule has 0 aromatic heterocycles. The van der Waals surface area contributed by atoms with Crippen molar-refractivity contribution in [2.24, 2.45) is 0 Å². The highest BCUT2D eigenvalue weighted by molar-refractivity contribution is 6.23. The van der Waals surface area contributed by atoms with E-state index < -0.39 is 5.97 Å². The standard InChI is InChI=1S/C28H25NO5/c1-19-26(28(31)33-3)25(27(30)29(19)22-10-7-11-24(17-22)32-2)16-20-12-14-23(15-13-20)34-18-21-8-5-4-6-9-21/h4-17H,18H2,1-3H3/b25-16-. The van der Waals surface area contributed by atoms with Gasteiger partial charge in [0, 0.05) is 11.8 Å². The van der Waals surface area contributed by atoms with E-state index in [0.717, 1.165) is 11.1 Å². The minimum absolute atomic E-state index is 0.236. The number of nitrogens with zero attached hydrogens (tertiary/aromatic N) is 1. The van der Waals surface area contributed by atoms with Crippen molar-refractivity contribution in [3.63, 3.8) is 0 Å². The van der Waals surface area contributed by atoms with Crippen molar-refractivity contribution >= 4 is 23.6 Å². The van der Waals surface area contributed by atoms with Crippen molar-refractivity contribution in [1.29, 1.82) is 0 Å². The Labute approximate surface area is 198 Å². The number of allylic oxidation sites excluding steroid dienone is 1. The van der Waals surface area contributed by atoms with E-state index in [9.17, 15) is 9.59 Å². The second-order valence-electron chi connectivity index (χ2n) is 7.70. The molecule has 0 bridgehead atoms. The second-order valence-corrected chi connectivity index (χ2v) is 7.70. The zero-order chi connectivity index (χ0) is 24.1. The number of esters is 1. The predicted octanol–water partition coefficient (Wildman–Crippen LogP) is 5.15. The zero-order valence-corrected chi connectivity index (χ0v) is 19.3. The molecule has 1 aliphatic heterocycles. The van der Waals surface area contributed by atoms with E-state index in [1.807, 2.05) is 54.6 Å². The zero-order valence-electron chi connectivity index (χ0n) is 19.3. The van der Waals surface area contributed by atoms with Crippen molar-refractivity contribution in [1.82, 2.24) is 0 Å². The molecule has 0 radical (unpaired) electrons. The molecule has 6 heteroatoms. The van der Waals surface area contributed by atoms with Crippen LogP contribution in [0.5, 0.6) is 11.5 Å². The Morgan fingerprint density at radius 2 is 1.65 bits per heavy atom. The Morgan fingerprint density at radius 1 is 0.912 bits per heavy atom. The number of hydrogen-bond acceptors (Lipinski definition) is 5. The van der Waals surface area contributed by atoms with Gasteiger partial charge in [-0.05, 0) is 48.4 Å². The largest absolute Gasteiger partial charge is 0.497 e. The fourth-order valence-electron chi connectivity index (χ4n) is 3.81. The van der Waals surface area contributed by atoms with Crippen LogP contribution in [0.3, 0.4) is 0 Å². The minimum Gasteiger partial charge on any atom is -0.497 e. The summed E-state index contributed by atoms with van der Waals surface area (Å²) in [6.45, 7) is 2.19. The smallest absolute Gasteiger partial charge is 0.340 e. The molecule has 1 aliphatic rings. The molecule has 34 heavy (non-hydrogen) atoms. The summed E-state index contributed by atoms with van der Waals surface area (Å²) in [4.78, 5) is 27.5. The molecule has 4 rings (SSSR count). The van der Waals surface area contributed by atoms with Crippen LogP contribution in [0.15, 0.2) is 95.7 Å². The second kappa shape index (κ2) is 10.1. The highest BCUT2D eigenvalue weighted by atomic mass is 16.5. The first kappa shape index (κ1) is 22.9. The van der Waals surface area contributed by atoms with E-state index in [-0.39, 0.29) is 17.1 Å². The maximum Gasteiger partial charge on any atom is 0.340 e. The van der Waals surface area contributed by atoms with E-state index in [1.54, 1.807) is 44.4 Å². The van der Waals surface area contributed by atoms with E-state index >= 15 is 0 Å². The van der Waals surface area contributed by atoms with Crippen LogP contribution in [0, 0.1) is 0 Å². The van der Waals surface area contributed by atoms with Gasteiger partial charge in [-0.3, -0.25) is 9.69 Å². The van der Waals surface area contributed by atoms with Gasteiger partial charge in [0.05, 0.1) is 31.1 Å². The summed E-state index contributed by atoms with van der Waals surface area (Å²) >= 11 is 0. The molecule has 3 aromatic rings. The van der Waals surface area contributed by atoms with Crippen LogP contribution in [0.25, 0.3) is 6.08 Å². The summed E-state index contributed by atoms with van der Waals surface area (Å²) in [5.74, 6) is 0.448. The van der Waals surface area contributed by atoms with Gasteiger partial charge in [0.15, 0.2) is 0 Å². The lowest BCUT2D eigenvalue weighted by molar-refractivity contribution is -0.136. The molecule has 0 unspecified atom stereocenters. The molecule has 0 saturated carbocycles. The highest BCUT2D eigenvalue weighted by Gasteiger charge is 2.38. The van der Waals surface area contributed by atoms with E-state index in [2.05, 4.69) is 0 Å². The molecule has 0 N–H and O–H groups in total. The number of methoxy groups -OCH3 is 2. The number of anilines is 1. The third-order valence-electron chi connectivity index (χ3n) is 5.54. The Balaban J connectivity index is 1.62. The van der Waals surface area contributed by atoms with Gasteiger partial charge in [-0.25, -0.2) is 4.79 Å². The number of amides is 1. The van der Waals surface area contributed by atoms with Crippen molar-refractivity contribution < 1.29 is 23.8 Å².